The number of nitriles is 1. The molecule has 1 aromatic rings. The van der Waals surface area contributed by atoms with E-state index < -0.39 is 11.7 Å². The molecule has 18 heavy (non-hydrogen) atoms. The molecule has 1 fully saturated rings. The molecular weight excluding hydrogens is 255 g/mol. The first-order valence-electron chi connectivity index (χ1n) is 5.77. The van der Waals surface area contributed by atoms with Crippen LogP contribution in [-0.4, -0.2) is 11.9 Å². The van der Waals surface area contributed by atoms with Crippen molar-refractivity contribution in [1.29, 1.82) is 5.26 Å². The molecule has 1 aliphatic carbocycles. The lowest BCUT2D eigenvalue weighted by Crippen LogP contribution is -2.37. The molecule has 0 spiro atoms. The lowest BCUT2D eigenvalue weighted by atomic mass is 10.1. The number of nitrogens with zero attached hydrogens (tertiary/aromatic N) is 1. The Bertz CT molecular complexity index is 512. The van der Waals surface area contributed by atoms with E-state index in [-0.39, 0.29) is 17.5 Å². The van der Waals surface area contributed by atoms with Crippen molar-refractivity contribution in [3.63, 3.8) is 0 Å². The van der Waals surface area contributed by atoms with Crippen LogP contribution in [0.3, 0.4) is 0 Å². The SMILES string of the molecule is N#CC1CCCC1NC(=O)c1cc(Cl)ccc1F. The molecule has 5 heteroatoms. The van der Waals surface area contributed by atoms with Gasteiger partial charge in [0, 0.05) is 11.1 Å². The monoisotopic (exact) mass is 266 g/mol. The molecule has 0 radical (unpaired) electrons. The van der Waals surface area contributed by atoms with Gasteiger partial charge in [0.15, 0.2) is 0 Å². The van der Waals surface area contributed by atoms with Gasteiger partial charge in [0.1, 0.15) is 5.82 Å². The van der Waals surface area contributed by atoms with Crippen LogP contribution >= 0.6 is 11.6 Å². The molecule has 1 N–H and O–H groups in total. The van der Waals surface area contributed by atoms with Gasteiger partial charge in [-0.2, -0.15) is 5.26 Å². The predicted octanol–water partition coefficient (Wildman–Crippen LogP) is 2.90. The number of amides is 1. The number of halogens is 2. The van der Waals surface area contributed by atoms with Gasteiger partial charge in [-0.05, 0) is 37.5 Å². The first-order valence-corrected chi connectivity index (χ1v) is 6.15. The third-order valence-electron chi connectivity index (χ3n) is 3.17. The van der Waals surface area contributed by atoms with Crippen molar-refractivity contribution in [2.24, 2.45) is 5.92 Å². The summed E-state index contributed by atoms with van der Waals surface area (Å²) in [5, 5.41) is 11.9. The van der Waals surface area contributed by atoms with Crippen molar-refractivity contribution < 1.29 is 9.18 Å². The van der Waals surface area contributed by atoms with Gasteiger partial charge in [0.2, 0.25) is 0 Å². The summed E-state index contributed by atoms with van der Waals surface area (Å²) in [5.41, 5.74) is -0.0777. The summed E-state index contributed by atoms with van der Waals surface area (Å²) < 4.78 is 13.5. The minimum absolute atomic E-state index is 0.0777. The average Bonchev–Trinajstić information content (AvgIpc) is 2.79. The Morgan fingerprint density at radius 3 is 3.00 bits per heavy atom. The molecule has 0 aliphatic heterocycles. The fourth-order valence-electron chi connectivity index (χ4n) is 2.20. The maximum Gasteiger partial charge on any atom is 0.254 e. The van der Waals surface area contributed by atoms with E-state index >= 15 is 0 Å². The highest BCUT2D eigenvalue weighted by atomic mass is 35.5. The Morgan fingerprint density at radius 2 is 2.28 bits per heavy atom. The molecule has 2 atom stereocenters. The molecule has 1 aliphatic rings. The fourth-order valence-corrected chi connectivity index (χ4v) is 2.38. The summed E-state index contributed by atoms with van der Waals surface area (Å²) in [4.78, 5) is 11.9. The maximum atomic E-state index is 13.5. The molecule has 0 bridgehead atoms. The molecule has 0 aromatic heterocycles. The smallest absolute Gasteiger partial charge is 0.254 e. The van der Waals surface area contributed by atoms with Crippen molar-refractivity contribution in [2.45, 2.75) is 25.3 Å². The Kier molecular flexibility index (Phi) is 3.83. The van der Waals surface area contributed by atoms with E-state index in [2.05, 4.69) is 11.4 Å². The van der Waals surface area contributed by atoms with E-state index in [0.29, 0.717) is 5.02 Å². The second kappa shape index (κ2) is 5.36. The Hall–Kier alpha value is -1.60. The number of nitrogens with one attached hydrogen (secondary N) is 1. The van der Waals surface area contributed by atoms with Gasteiger partial charge in [-0.3, -0.25) is 4.79 Å². The molecular formula is C13H12ClFN2O. The van der Waals surface area contributed by atoms with Crippen LogP contribution in [0.1, 0.15) is 29.6 Å². The van der Waals surface area contributed by atoms with Gasteiger partial charge in [-0.1, -0.05) is 11.6 Å². The standard InChI is InChI=1S/C13H12ClFN2O/c14-9-4-5-11(15)10(6-9)13(18)17-12-3-1-2-8(12)7-16/h4-6,8,12H,1-3H2,(H,17,18). The quantitative estimate of drug-likeness (QED) is 0.895. The maximum absolute atomic E-state index is 13.5. The molecule has 1 saturated carbocycles. The zero-order valence-corrected chi connectivity index (χ0v) is 10.4. The van der Waals surface area contributed by atoms with Crippen LogP contribution in [-0.2, 0) is 0 Å². The van der Waals surface area contributed by atoms with Gasteiger partial charge in [-0.25, -0.2) is 4.39 Å². The second-order valence-electron chi connectivity index (χ2n) is 4.37. The van der Waals surface area contributed by atoms with Crippen LogP contribution in [0.5, 0.6) is 0 Å². The van der Waals surface area contributed by atoms with E-state index in [4.69, 9.17) is 16.9 Å². The minimum atomic E-state index is -0.608. The molecule has 1 amide bonds. The van der Waals surface area contributed by atoms with E-state index in [9.17, 15) is 9.18 Å². The third kappa shape index (κ3) is 2.62. The first kappa shape index (κ1) is 12.8. The van der Waals surface area contributed by atoms with Crippen LogP contribution in [0.4, 0.5) is 4.39 Å². The van der Waals surface area contributed by atoms with Crippen LogP contribution < -0.4 is 5.32 Å². The normalized spacial score (nSPS) is 22.5. The van der Waals surface area contributed by atoms with Crippen molar-refractivity contribution in [1.82, 2.24) is 5.32 Å². The van der Waals surface area contributed by atoms with E-state index in [0.717, 1.165) is 25.3 Å². The predicted molar refractivity (Wildman–Crippen MR) is 65.6 cm³/mol. The van der Waals surface area contributed by atoms with Gasteiger partial charge in [0.05, 0.1) is 17.6 Å². The van der Waals surface area contributed by atoms with Crippen LogP contribution in [0.25, 0.3) is 0 Å². The number of benzene rings is 1. The largest absolute Gasteiger partial charge is 0.348 e. The van der Waals surface area contributed by atoms with Crippen molar-refractivity contribution in [2.75, 3.05) is 0 Å². The lowest BCUT2D eigenvalue weighted by molar-refractivity contribution is 0.0929. The topological polar surface area (TPSA) is 52.9 Å². The summed E-state index contributed by atoms with van der Waals surface area (Å²) in [7, 11) is 0. The summed E-state index contributed by atoms with van der Waals surface area (Å²) in [5.74, 6) is -1.30. The van der Waals surface area contributed by atoms with E-state index in [1.807, 2.05) is 0 Å². The number of carbonyl (C=O) groups is 1. The summed E-state index contributed by atoms with van der Waals surface area (Å²) in [6, 6.07) is 5.81. The average molecular weight is 267 g/mol. The molecule has 3 nitrogen and oxygen atoms in total. The highest BCUT2D eigenvalue weighted by Gasteiger charge is 2.29. The molecule has 1 aromatic carbocycles. The molecule has 2 rings (SSSR count). The van der Waals surface area contributed by atoms with Crippen LogP contribution in [0.2, 0.25) is 5.02 Å². The summed E-state index contributed by atoms with van der Waals surface area (Å²) >= 11 is 5.73. The molecule has 2 unspecified atom stereocenters. The third-order valence-corrected chi connectivity index (χ3v) is 3.41. The fraction of sp³-hybridized carbons (Fsp3) is 0.385. The number of hydrogen-bond acceptors (Lipinski definition) is 2. The molecule has 94 valence electrons. The molecule has 0 heterocycles. The zero-order valence-electron chi connectivity index (χ0n) is 9.62. The number of hydrogen-bond donors (Lipinski definition) is 1. The number of carbonyl (C=O) groups excluding carboxylic acids is 1. The second-order valence-corrected chi connectivity index (χ2v) is 4.81. The minimum Gasteiger partial charge on any atom is -0.348 e. The zero-order chi connectivity index (χ0) is 13.1. The highest BCUT2D eigenvalue weighted by molar-refractivity contribution is 6.31. The van der Waals surface area contributed by atoms with Gasteiger partial charge in [-0.15, -0.1) is 0 Å². The Balaban J connectivity index is 2.13. The Labute approximate surface area is 110 Å². The van der Waals surface area contributed by atoms with Crippen molar-refractivity contribution in [3.8, 4) is 6.07 Å². The van der Waals surface area contributed by atoms with Gasteiger partial charge < -0.3 is 5.32 Å². The summed E-state index contributed by atoms with van der Waals surface area (Å²) in [6.07, 6.45) is 2.44. The van der Waals surface area contributed by atoms with Crippen LogP contribution in [0, 0.1) is 23.1 Å². The van der Waals surface area contributed by atoms with Crippen LogP contribution in [0.15, 0.2) is 18.2 Å². The van der Waals surface area contributed by atoms with E-state index in [1.54, 1.807) is 0 Å². The number of rotatable bonds is 2. The summed E-state index contributed by atoms with van der Waals surface area (Å²) in [6.45, 7) is 0. The first-order chi connectivity index (χ1) is 8.61. The van der Waals surface area contributed by atoms with Gasteiger partial charge >= 0.3 is 0 Å². The Morgan fingerprint density at radius 1 is 1.50 bits per heavy atom. The van der Waals surface area contributed by atoms with Gasteiger partial charge in [0.25, 0.3) is 5.91 Å². The van der Waals surface area contributed by atoms with E-state index in [1.165, 1.54) is 12.1 Å². The molecule has 0 saturated heterocycles. The highest BCUT2D eigenvalue weighted by Crippen LogP contribution is 2.25. The van der Waals surface area contributed by atoms with Crippen molar-refractivity contribution >= 4 is 17.5 Å². The van der Waals surface area contributed by atoms with Crippen molar-refractivity contribution in [3.05, 3.63) is 34.6 Å². The lowest BCUT2D eigenvalue weighted by Gasteiger charge is -2.15.